The molecule has 0 unspecified atom stereocenters. The number of rotatable bonds is 3. The molecule has 2 aromatic carbocycles. The van der Waals surface area contributed by atoms with Gasteiger partial charge in [0.15, 0.2) is 0 Å². The van der Waals surface area contributed by atoms with Crippen LogP contribution in [-0.4, -0.2) is 17.1 Å². The number of anilines is 1. The lowest BCUT2D eigenvalue weighted by molar-refractivity contribution is 0.103. The molecular weight excluding hydrogens is 362 g/mol. The Morgan fingerprint density at radius 2 is 2.08 bits per heavy atom. The van der Waals surface area contributed by atoms with Crippen LogP contribution in [0.1, 0.15) is 20.8 Å². The van der Waals surface area contributed by atoms with Gasteiger partial charge < -0.3 is 5.32 Å². The molecule has 26 heavy (non-hydrogen) atoms. The maximum atomic E-state index is 12.4. The van der Waals surface area contributed by atoms with Crippen molar-refractivity contribution in [3.8, 4) is 10.4 Å². The van der Waals surface area contributed by atoms with E-state index in [0.717, 1.165) is 16.8 Å². The minimum Gasteiger partial charge on any atom is -0.321 e. The number of thiophene rings is 1. The maximum absolute atomic E-state index is 12.4. The molecule has 1 aliphatic heterocycles. The second kappa shape index (κ2) is 6.16. The highest BCUT2D eigenvalue weighted by Gasteiger charge is 2.18. The van der Waals surface area contributed by atoms with E-state index in [2.05, 4.69) is 51.7 Å². The standard InChI is InChI=1S/C20H13N3OS2/c24-20(19-10-22-11-25-19)23-14-5-13-8-21-9-16(13)15(7-14)18-6-12-3-1-2-4-17(12)26-18/h1-8,10-11H,9H2,(H,23,24). The molecule has 0 saturated carbocycles. The molecule has 5 rings (SSSR count). The van der Waals surface area contributed by atoms with Crippen LogP contribution in [0.2, 0.25) is 0 Å². The van der Waals surface area contributed by atoms with Crippen LogP contribution < -0.4 is 5.32 Å². The summed E-state index contributed by atoms with van der Waals surface area (Å²) in [6, 6.07) is 14.6. The predicted octanol–water partition coefficient (Wildman–Crippen LogP) is 5.21. The number of nitrogens with one attached hydrogen (secondary N) is 1. The maximum Gasteiger partial charge on any atom is 0.267 e. The monoisotopic (exact) mass is 375 g/mol. The van der Waals surface area contributed by atoms with E-state index >= 15 is 0 Å². The highest BCUT2D eigenvalue weighted by molar-refractivity contribution is 7.22. The van der Waals surface area contributed by atoms with Gasteiger partial charge in [0.25, 0.3) is 5.91 Å². The van der Waals surface area contributed by atoms with Crippen LogP contribution in [0, 0.1) is 0 Å². The van der Waals surface area contributed by atoms with E-state index in [9.17, 15) is 4.79 Å². The topological polar surface area (TPSA) is 54.4 Å². The van der Waals surface area contributed by atoms with Gasteiger partial charge in [0.1, 0.15) is 4.88 Å². The number of hydrogen-bond acceptors (Lipinski definition) is 5. The van der Waals surface area contributed by atoms with Gasteiger partial charge in [0.2, 0.25) is 0 Å². The first kappa shape index (κ1) is 15.4. The molecule has 126 valence electrons. The molecule has 6 heteroatoms. The smallest absolute Gasteiger partial charge is 0.267 e. The number of hydrogen-bond donors (Lipinski definition) is 1. The average Bonchev–Trinajstić information content (AvgIpc) is 3.39. The molecule has 1 aliphatic rings. The van der Waals surface area contributed by atoms with E-state index in [4.69, 9.17) is 0 Å². The molecule has 0 bridgehead atoms. The molecular formula is C20H13N3OS2. The van der Waals surface area contributed by atoms with E-state index in [0.29, 0.717) is 11.4 Å². The summed E-state index contributed by atoms with van der Waals surface area (Å²) in [4.78, 5) is 22.6. The highest BCUT2D eigenvalue weighted by Crippen LogP contribution is 2.39. The molecule has 4 aromatic rings. The van der Waals surface area contributed by atoms with Crippen LogP contribution >= 0.6 is 22.7 Å². The molecule has 4 nitrogen and oxygen atoms in total. The number of benzene rings is 2. The van der Waals surface area contributed by atoms with Crippen molar-refractivity contribution in [3.63, 3.8) is 0 Å². The van der Waals surface area contributed by atoms with Gasteiger partial charge in [-0.15, -0.1) is 22.7 Å². The first-order valence-corrected chi connectivity index (χ1v) is 9.83. The van der Waals surface area contributed by atoms with E-state index in [1.54, 1.807) is 23.0 Å². The number of aromatic nitrogens is 1. The van der Waals surface area contributed by atoms with Crippen molar-refractivity contribution in [2.75, 3.05) is 5.32 Å². The third-order valence-electron chi connectivity index (χ3n) is 4.37. The van der Waals surface area contributed by atoms with Crippen molar-refractivity contribution in [2.24, 2.45) is 4.99 Å². The van der Waals surface area contributed by atoms with Crippen molar-refractivity contribution in [1.82, 2.24) is 4.98 Å². The Morgan fingerprint density at radius 1 is 1.15 bits per heavy atom. The zero-order chi connectivity index (χ0) is 17.5. The van der Waals surface area contributed by atoms with Gasteiger partial charge in [0.05, 0.1) is 18.3 Å². The van der Waals surface area contributed by atoms with E-state index in [1.165, 1.54) is 31.9 Å². The van der Waals surface area contributed by atoms with Crippen molar-refractivity contribution in [1.29, 1.82) is 0 Å². The molecule has 1 N–H and O–H groups in total. The molecule has 0 radical (unpaired) electrons. The molecule has 0 fully saturated rings. The largest absolute Gasteiger partial charge is 0.321 e. The Bertz CT molecular complexity index is 1130. The molecule has 0 saturated heterocycles. The average molecular weight is 375 g/mol. The molecule has 2 aromatic heterocycles. The van der Waals surface area contributed by atoms with Crippen molar-refractivity contribution in [3.05, 3.63) is 70.2 Å². The summed E-state index contributed by atoms with van der Waals surface area (Å²) < 4.78 is 1.26. The Hall–Kier alpha value is -2.83. The molecule has 0 atom stereocenters. The zero-order valence-corrected chi connectivity index (χ0v) is 15.2. The summed E-state index contributed by atoms with van der Waals surface area (Å²) in [5.41, 5.74) is 5.86. The summed E-state index contributed by atoms with van der Waals surface area (Å²) in [6.07, 6.45) is 3.47. The second-order valence-electron chi connectivity index (χ2n) is 6.03. The predicted molar refractivity (Wildman–Crippen MR) is 109 cm³/mol. The molecule has 3 heterocycles. The fourth-order valence-corrected chi connectivity index (χ4v) is 4.77. The summed E-state index contributed by atoms with van der Waals surface area (Å²) in [6.45, 7) is 0.683. The van der Waals surface area contributed by atoms with Gasteiger partial charge in [-0.25, -0.2) is 0 Å². The van der Waals surface area contributed by atoms with E-state index < -0.39 is 0 Å². The molecule has 1 amide bonds. The van der Waals surface area contributed by atoms with E-state index in [-0.39, 0.29) is 5.91 Å². The minimum absolute atomic E-state index is 0.135. The SMILES string of the molecule is O=C(Nc1cc2c(c(-c3cc4ccccc4s3)c1)CN=C2)c1cncs1. The number of fused-ring (bicyclic) bond motifs is 2. The van der Waals surface area contributed by atoms with E-state index in [1.807, 2.05) is 12.3 Å². The van der Waals surface area contributed by atoms with Crippen LogP contribution in [0.3, 0.4) is 0 Å². The third kappa shape index (κ3) is 2.64. The fraction of sp³-hybridized carbons (Fsp3) is 0.0500. The fourth-order valence-electron chi connectivity index (χ4n) is 3.15. The van der Waals surface area contributed by atoms with Crippen LogP contribution in [0.15, 0.2) is 59.2 Å². The number of carbonyl (C=O) groups excluding carboxylic acids is 1. The van der Waals surface area contributed by atoms with Gasteiger partial charge >= 0.3 is 0 Å². The first-order chi connectivity index (χ1) is 12.8. The number of thiazole rings is 1. The Morgan fingerprint density at radius 3 is 2.92 bits per heavy atom. The lowest BCUT2D eigenvalue weighted by atomic mass is 10.0. The van der Waals surface area contributed by atoms with Crippen LogP contribution in [-0.2, 0) is 6.54 Å². The van der Waals surface area contributed by atoms with Crippen molar-refractivity contribution >= 4 is 50.6 Å². The van der Waals surface area contributed by atoms with Gasteiger partial charge in [-0.05, 0) is 40.8 Å². The number of nitrogens with zero attached hydrogens (tertiary/aromatic N) is 2. The van der Waals surface area contributed by atoms with Crippen molar-refractivity contribution in [2.45, 2.75) is 6.54 Å². The number of amides is 1. The lowest BCUT2D eigenvalue weighted by Gasteiger charge is -2.11. The Balaban J connectivity index is 1.59. The van der Waals surface area contributed by atoms with Crippen LogP contribution in [0.25, 0.3) is 20.5 Å². The second-order valence-corrected chi connectivity index (χ2v) is 8.00. The van der Waals surface area contributed by atoms with Gasteiger partial charge in [-0.2, -0.15) is 0 Å². The Labute approximate surface area is 157 Å². The third-order valence-corrected chi connectivity index (χ3v) is 6.29. The summed E-state index contributed by atoms with van der Waals surface area (Å²) >= 11 is 3.10. The summed E-state index contributed by atoms with van der Waals surface area (Å²) in [7, 11) is 0. The molecule has 0 aliphatic carbocycles. The molecule has 0 spiro atoms. The minimum atomic E-state index is -0.135. The van der Waals surface area contributed by atoms with Crippen LogP contribution in [0.5, 0.6) is 0 Å². The quantitative estimate of drug-likeness (QED) is 0.534. The van der Waals surface area contributed by atoms with Gasteiger partial charge in [-0.3, -0.25) is 14.8 Å². The number of carbonyl (C=O) groups is 1. The van der Waals surface area contributed by atoms with Crippen LogP contribution in [0.4, 0.5) is 5.69 Å². The summed E-state index contributed by atoms with van der Waals surface area (Å²) in [5.74, 6) is -0.135. The first-order valence-electron chi connectivity index (χ1n) is 8.13. The van der Waals surface area contributed by atoms with Gasteiger partial charge in [-0.1, -0.05) is 18.2 Å². The lowest BCUT2D eigenvalue weighted by Crippen LogP contribution is -2.10. The number of aliphatic imine (C=N–C) groups is 1. The zero-order valence-electron chi connectivity index (χ0n) is 13.6. The highest BCUT2D eigenvalue weighted by atomic mass is 32.1. The van der Waals surface area contributed by atoms with Crippen molar-refractivity contribution < 1.29 is 4.79 Å². The normalized spacial score (nSPS) is 12.5. The summed E-state index contributed by atoms with van der Waals surface area (Å²) in [5, 5.41) is 4.23. The Kier molecular flexibility index (Phi) is 3.65. The van der Waals surface area contributed by atoms with Gasteiger partial charge in [0, 0.05) is 27.0 Å².